The van der Waals surface area contributed by atoms with Crippen molar-refractivity contribution in [3.63, 3.8) is 0 Å². The van der Waals surface area contributed by atoms with Gasteiger partial charge in [0.15, 0.2) is 0 Å². The summed E-state index contributed by atoms with van der Waals surface area (Å²) >= 11 is 0. The number of sulfonamides is 1. The molecule has 1 fully saturated rings. The summed E-state index contributed by atoms with van der Waals surface area (Å²) in [4.78, 5) is 4.56. The SMILES string of the molecule is CCS(=O)(=O)N1CCC(CON)CC1. The van der Waals surface area contributed by atoms with Crippen molar-refractivity contribution in [3.8, 4) is 0 Å². The summed E-state index contributed by atoms with van der Waals surface area (Å²) < 4.78 is 24.5. The smallest absolute Gasteiger partial charge is 0.213 e. The van der Waals surface area contributed by atoms with Crippen LogP contribution in [0.3, 0.4) is 0 Å². The van der Waals surface area contributed by atoms with E-state index in [1.54, 1.807) is 11.2 Å². The molecule has 0 bridgehead atoms. The topological polar surface area (TPSA) is 72.6 Å². The van der Waals surface area contributed by atoms with Crippen molar-refractivity contribution in [1.29, 1.82) is 0 Å². The summed E-state index contributed by atoms with van der Waals surface area (Å²) in [6.07, 6.45) is 1.69. The maximum absolute atomic E-state index is 11.5. The van der Waals surface area contributed by atoms with Crippen molar-refractivity contribution in [3.05, 3.63) is 0 Å². The first kappa shape index (κ1) is 11.9. The van der Waals surface area contributed by atoms with Crippen LogP contribution < -0.4 is 5.90 Å². The first-order chi connectivity index (χ1) is 6.60. The second kappa shape index (κ2) is 5.06. The molecule has 0 amide bonds. The lowest BCUT2D eigenvalue weighted by atomic mass is 9.99. The molecule has 1 aliphatic heterocycles. The van der Waals surface area contributed by atoms with E-state index in [2.05, 4.69) is 4.84 Å². The van der Waals surface area contributed by atoms with Crippen LogP contribution in [0, 0.1) is 5.92 Å². The molecule has 0 saturated carbocycles. The monoisotopic (exact) mass is 222 g/mol. The van der Waals surface area contributed by atoms with Crippen LogP contribution in [0.1, 0.15) is 19.8 Å². The van der Waals surface area contributed by atoms with E-state index in [0.717, 1.165) is 12.8 Å². The highest BCUT2D eigenvalue weighted by atomic mass is 32.2. The van der Waals surface area contributed by atoms with Crippen molar-refractivity contribution < 1.29 is 13.3 Å². The van der Waals surface area contributed by atoms with Crippen LogP contribution in [0.4, 0.5) is 0 Å². The highest BCUT2D eigenvalue weighted by Crippen LogP contribution is 2.19. The minimum absolute atomic E-state index is 0.186. The Labute approximate surface area is 85.2 Å². The molecule has 0 unspecified atom stereocenters. The molecule has 6 heteroatoms. The molecule has 1 rings (SSSR count). The fourth-order valence-electron chi connectivity index (χ4n) is 1.67. The lowest BCUT2D eigenvalue weighted by molar-refractivity contribution is 0.0805. The van der Waals surface area contributed by atoms with E-state index in [-0.39, 0.29) is 5.75 Å². The normalized spacial score (nSPS) is 21.3. The summed E-state index contributed by atoms with van der Waals surface area (Å²) in [7, 11) is -3.00. The van der Waals surface area contributed by atoms with Crippen molar-refractivity contribution in [2.75, 3.05) is 25.4 Å². The molecule has 0 atom stereocenters. The number of piperidine rings is 1. The van der Waals surface area contributed by atoms with Gasteiger partial charge in [-0.05, 0) is 25.7 Å². The molecular formula is C8H18N2O3S. The Hall–Kier alpha value is -0.170. The first-order valence-corrected chi connectivity index (χ1v) is 6.50. The average molecular weight is 222 g/mol. The van der Waals surface area contributed by atoms with Gasteiger partial charge in [-0.2, -0.15) is 0 Å². The van der Waals surface area contributed by atoms with Gasteiger partial charge < -0.3 is 4.84 Å². The average Bonchev–Trinajstić information content (AvgIpc) is 2.19. The van der Waals surface area contributed by atoms with Gasteiger partial charge in [0.2, 0.25) is 10.0 Å². The molecular weight excluding hydrogens is 204 g/mol. The maximum atomic E-state index is 11.5. The van der Waals surface area contributed by atoms with Gasteiger partial charge in [-0.3, -0.25) is 0 Å². The van der Waals surface area contributed by atoms with Gasteiger partial charge >= 0.3 is 0 Å². The first-order valence-electron chi connectivity index (χ1n) is 4.89. The zero-order valence-electron chi connectivity index (χ0n) is 8.48. The molecule has 0 aromatic rings. The number of nitrogens with two attached hydrogens (primary N) is 1. The molecule has 84 valence electrons. The van der Waals surface area contributed by atoms with Crippen LogP contribution in [-0.4, -0.2) is 38.2 Å². The van der Waals surface area contributed by atoms with Crippen molar-refractivity contribution in [2.45, 2.75) is 19.8 Å². The van der Waals surface area contributed by atoms with Gasteiger partial charge in [0.25, 0.3) is 0 Å². The Morgan fingerprint density at radius 1 is 1.43 bits per heavy atom. The molecule has 0 radical (unpaired) electrons. The van der Waals surface area contributed by atoms with Crippen LogP contribution >= 0.6 is 0 Å². The van der Waals surface area contributed by atoms with Gasteiger partial charge in [0, 0.05) is 13.1 Å². The van der Waals surface area contributed by atoms with Gasteiger partial charge in [-0.15, -0.1) is 0 Å². The summed E-state index contributed by atoms with van der Waals surface area (Å²) in [5.74, 6) is 5.57. The highest BCUT2D eigenvalue weighted by Gasteiger charge is 2.26. The Bertz CT molecular complexity index is 258. The van der Waals surface area contributed by atoms with E-state index in [0.29, 0.717) is 25.6 Å². The van der Waals surface area contributed by atoms with Crippen LogP contribution in [0.5, 0.6) is 0 Å². The van der Waals surface area contributed by atoms with E-state index in [9.17, 15) is 8.42 Å². The molecule has 0 aromatic heterocycles. The Balaban J connectivity index is 2.43. The van der Waals surface area contributed by atoms with E-state index >= 15 is 0 Å². The van der Waals surface area contributed by atoms with Crippen LogP contribution in [0.25, 0.3) is 0 Å². The van der Waals surface area contributed by atoms with Crippen molar-refractivity contribution >= 4 is 10.0 Å². The standard InChI is InChI=1S/C8H18N2O3S/c1-2-14(11,12)10-5-3-8(4-6-10)7-13-9/h8H,2-7,9H2,1H3. The maximum Gasteiger partial charge on any atom is 0.213 e. The molecule has 0 aliphatic carbocycles. The molecule has 1 aliphatic rings. The minimum Gasteiger partial charge on any atom is -0.304 e. The van der Waals surface area contributed by atoms with Gasteiger partial charge in [0.1, 0.15) is 0 Å². The number of hydrogen-bond donors (Lipinski definition) is 1. The summed E-state index contributed by atoms with van der Waals surface area (Å²) in [5.41, 5.74) is 0. The lowest BCUT2D eigenvalue weighted by Gasteiger charge is -2.30. The quantitative estimate of drug-likeness (QED) is 0.676. The van der Waals surface area contributed by atoms with Crippen LogP contribution in [0.2, 0.25) is 0 Å². The predicted molar refractivity (Wildman–Crippen MR) is 53.9 cm³/mol. The summed E-state index contributed by atoms with van der Waals surface area (Å²) in [5, 5.41) is 0. The zero-order valence-corrected chi connectivity index (χ0v) is 9.29. The second-order valence-corrected chi connectivity index (χ2v) is 5.83. The fraction of sp³-hybridized carbons (Fsp3) is 1.00. The third-order valence-electron chi connectivity index (χ3n) is 2.66. The Morgan fingerprint density at radius 3 is 2.43 bits per heavy atom. The van der Waals surface area contributed by atoms with Gasteiger partial charge in [0.05, 0.1) is 12.4 Å². The third-order valence-corrected chi connectivity index (χ3v) is 4.55. The summed E-state index contributed by atoms with van der Waals surface area (Å²) in [6.45, 7) is 3.40. The fourth-order valence-corrected chi connectivity index (χ4v) is 2.81. The molecule has 2 N–H and O–H groups in total. The minimum atomic E-state index is -3.00. The molecule has 1 saturated heterocycles. The van der Waals surface area contributed by atoms with E-state index in [1.807, 2.05) is 0 Å². The zero-order chi connectivity index (χ0) is 10.6. The Morgan fingerprint density at radius 2 is 2.00 bits per heavy atom. The van der Waals surface area contributed by atoms with Crippen LogP contribution in [-0.2, 0) is 14.9 Å². The molecule has 5 nitrogen and oxygen atoms in total. The largest absolute Gasteiger partial charge is 0.304 e. The third kappa shape index (κ3) is 2.91. The van der Waals surface area contributed by atoms with E-state index in [1.165, 1.54) is 0 Å². The molecule has 0 aromatic carbocycles. The number of rotatable bonds is 4. The highest BCUT2D eigenvalue weighted by molar-refractivity contribution is 7.89. The van der Waals surface area contributed by atoms with Gasteiger partial charge in [-0.1, -0.05) is 0 Å². The van der Waals surface area contributed by atoms with Crippen molar-refractivity contribution in [2.24, 2.45) is 11.8 Å². The molecule has 1 heterocycles. The van der Waals surface area contributed by atoms with Gasteiger partial charge in [-0.25, -0.2) is 18.6 Å². The van der Waals surface area contributed by atoms with Crippen LogP contribution in [0.15, 0.2) is 0 Å². The van der Waals surface area contributed by atoms with Crippen molar-refractivity contribution in [1.82, 2.24) is 4.31 Å². The Kier molecular flexibility index (Phi) is 4.31. The molecule has 14 heavy (non-hydrogen) atoms. The van der Waals surface area contributed by atoms with E-state index < -0.39 is 10.0 Å². The molecule has 0 spiro atoms. The van der Waals surface area contributed by atoms with E-state index in [4.69, 9.17) is 5.90 Å². The lowest BCUT2D eigenvalue weighted by Crippen LogP contribution is -2.40. The second-order valence-electron chi connectivity index (χ2n) is 3.58. The number of nitrogens with zero attached hydrogens (tertiary/aromatic N) is 1. The summed E-state index contributed by atoms with van der Waals surface area (Å²) in [6, 6.07) is 0. The number of hydrogen-bond acceptors (Lipinski definition) is 4. The predicted octanol–water partition coefficient (Wildman–Crippen LogP) is -0.0616.